The minimum Gasteiger partial charge on any atom is -0.484 e. The Balaban J connectivity index is 1.69. The monoisotopic (exact) mass is 421 g/mol. The van der Waals surface area contributed by atoms with Crippen LogP contribution in [0.1, 0.15) is 62.3 Å². The lowest BCUT2D eigenvalue weighted by Crippen LogP contribution is -2.51. The van der Waals surface area contributed by atoms with Gasteiger partial charge in [0, 0.05) is 31.3 Å². The topological polar surface area (TPSA) is 67.6 Å². The first-order chi connectivity index (χ1) is 15.0. The number of rotatable bonds is 6. The summed E-state index contributed by atoms with van der Waals surface area (Å²) in [6.45, 7) is 5.72. The van der Waals surface area contributed by atoms with E-state index in [1.165, 1.54) is 23.6 Å². The van der Waals surface area contributed by atoms with E-state index in [1.807, 2.05) is 12.1 Å². The third kappa shape index (κ3) is 5.10. The van der Waals surface area contributed by atoms with Crippen molar-refractivity contribution in [2.45, 2.75) is 70.6 Å². The van der Waals surface area contributed by atoms with E-state index in [4.69, 9.17) is 10.5 Å². The number of fused-ring (bicyclic) bond motifs is 1. The van der Waals surface area contributed by atoms with Gasteiger partial charge in [0.1, 0.15) is 11.9 Å². The molecule has 1 fully saturated rings. The van der Waals surface area contributed by atoms with E-state index < -0.39 is 0 Å². The number of piperidine rings is 1. The minimum atomic E-state index is -0.0719. The zero-order chi connectivity index (χ0) is 21.8. The van der Waals surface area contributed by atoms with Gasteiger partial charge >= 0.3 is 0 Å². The molecular weight excluding hydrogens is 386 g/mol. The summed E-state index contributed by atoms with van der Waals surface area (Å²) in [7, 11) is 0. The number of aryl methyl sites for hydroxylation is 2. The predicted octanol–water partition coefficient (Wildman–Crippen LogP) is 4.46. The second-order valence-electron chi connectivity index (χ2n) is 8.99. The van der Waals surface area contributed by atoms with Gasteiger partial charge in [-0.25, -0.2) is 0 Å². The fourth-order valence-electron chi connectivity index (χ4n) is 5.12. The molecule has 2 aliphatic rings. The van der Waals surface area contributed by atoms with Crippen LogP contribution in [0.2, 0.25) is 0 Å². The first kappa shape index (κ1) is 21.8. The van der Waals surface area contributed by atoms with Gasteiger partial charge in [0.15, 0.2) is 0 Å². The van der Waals surface area contributed by atoms with Crippen LogP contribution in [0.5, 0.6) is 5.75 Å². The Hall–Kier alpha value is -2.37. The number of ether oxygens (including phenoxy) is 1. The second kappa shape index (κ2) is 9.84. The normalized spacial score (nSPS) is 23.8. The molecule has 166 valence electrons. The van der Waals surface area contributed by atoms with Crippen LogP contribution in [0.4, 0.5) is 5.69 Å². The Morgan fingerprint density at radius 2 is 2.06 bits per heavy atom. The van der Waals surface area contributed by atoms with E-state index in [-0.39, 0.29) is 18.1 Å². The molecule has 5 nitrogen and oxygen atoms in total. The summed E-state index contributed by atoms with van der Waals surface area (Å²) < 4.78 is 6.86. The molecule has 0 saturated carbocycles. The standard InChI is InChI=1S/C26H35N3O2/c1-3-7-20-11-13-22(28-18(2)30)16-25(20)31-26-23-10-5-4-8-19(23)12-14-24(26)29-15-6-9-21(27)17-29/h4-5,8,10-11,13,16,21,24,26H,3,6-7,9,12,14-15,17,27H2,1-2H3,(H,28,30)/t21-,24-,26-/m0/s1. The molecular formula is C26H35N3O2. The number of carbonyl (C=O) groups excluding carboxylic acids is 1. The van der Waals surface area contributed by atoms with Gasteiger partial charge in [-0.15, -0.1) is 0 Å². The Labute approximate surface area is 186 Å². The van der Waals surface area contributed by atoms with Gasteiger partial charge in [0.25, 0.3) is 0 Å². The van der Waals surface area contributed by atoms with Crippen LogP contribution in [0.15, 0.2) is 42.5 Å². The van der Waals surface area contributed by atoms with Crippen LogP contribution in [0, 0.1) is 0 Å². The molecule has 1 aliphatic carbocycles. The van der Waals surface area contributed by atoms with Crippen LogP contribution in [0.3, 0.4) is 0 Å². The summed E-state index contributed by atoms with van der Waals surface area (Å²) >= 11 is 0. The van der Waals surface area contributed by atoms with Gasteiger partial charge in [0.05, 0.1) is 6.04 Å². The third-order valence-electron chi connectivity index (χ3n) is 6.54. The first-order valence-corrected chi connectivity index (χ1v) is 11.7. The lowest BCUT2D eigenvalue weighted by molar-refractivity contribution is -0.114. The van der Waals surface area contributed by atoms with Crippen molar-refractivity contribution >= 4 is 11.6 Å². The van der Waals surface area contributed by atoms with Crippen LogP contribution < -0.4 is 15.8 Å². The van der Waals surface area contributed by atoms with Gasteiger partial charge in [-0.05, 0) is 61.4 Å². The lowest BCUT2D eigenvalue weighted by Gasteiger charge is -2.43. The Morgan fingerprint density at radius 3 is 2.84 bits per heavy atom. The molecule has 0 bridgehead atoms. The zero-order valence-corrected chi connectivity index (χ0v) is 18.8. The van der Waals surface area contributed by atoms with Crippen LogP contribution >= 0.6 is 0 Å². The van der Waals surface area contributed by atoms with Crippen molar-refractivity contribution < 1.29 is 9.53 Å². The summed E-state index contributed by atoms with van der Waals surface area (Å²) in [6, 6.07) is 15.3. The maximum atomic E-state index is 11.6. The van der Waals surface area contributed by atoms with Crippen LogP contribution in [0.25, 0.3) is 0 Å². The minimum absolute atomic E-state index is 0.0431. The van der Waals surface area contributed by atoms with Crippen molar-refractivity contribution in [2.75, 3.05) is 18.4 Å². The SMILES string of the molecule is CCCc1ccc(NC(C)=O)cc1O[C@H]1c2ccccc2CC[C@@H]1N1CCC[C@H](N)C1. The fraction of sp³-hybridized carbons (Fsp3) is 0.500. The molecule has 1 amide bonds. The Morgan fingerprint density at radius 1 is 1.23 bits per heavy atom. The number of likely N-dealkylation sites (tertiary alicyclic amines) is 1. The van der Waals surface area contributed by atoms with Crippen molar-refractivity contribution in [3.63, 3.8) is 0 Å². The number of amides is 1. The molecule has 31 heavy (non-hydrogen) atoms. The molecule has 3 atom stereocenters. The smallest absolute Gasteiger partial charge is 0.221 e. The highest BCUT2D eigenvalue weighted by Gasteiger charge is 2.37. The number of benzene rings is 2. The van der Waals surface area contributed by atoms with Gasteiger partial charge in [0.2, 0.25) is 5.91 Å². The molecule has 0 unspecified atom stereocenters. The summed E-state index contributed by atoms with van der Waals surface area (Å²) in [5.41, 5.74) is 11.0. The maximum Gasteiger partial charge on any atom is 0.221 e. The summed E-state index contributed by atoms with van der Waals surface area (Å²) in [6.07, 6.45) is 6.34. The van der Waals surface area contributed by atoms with Gasteiger partial charge < -0.3 is 15.8 Å². The van der Waals surface area contributed by atoms with E-state index in [0.717, 1.165) is 63.1 Å². The molecule has 5 heteroatoms. The summed E-state index contributed by atoms with van der Waals surface area (Å²) in [5.74, 6) is 0.804. The summed E-state index contributed by atoms with van der Waals surface area (Å²) in [4.78, 5) is 14.2. The number of carbonyl (C=O) groups is 1. The summed E-state index contributed by atoms with van der Waals surface area (Å²) in [5, 5.41) is 2.91. The number of hydrogen-bond acceptors (Lipinski definition) is 4. The first-order valence-electron chi connectivity index (χ1n) is 11.7. The zero-order valence-electron chi connectivity index (χ0n) is 18.8. The molecule has 1 aliphatic heterocycles. The van der Waals surface area contributed by atoms with Crippen molar-refractivity contribution in [1.82, 2.24) is 4.90 Å². The molecule has 0 radical (unpaired) electrons. The number of nitrogens with zero attached hydrogens (tertiary/aromatic N) is 1. The van der Waals surface area contributed by atoms with Crippen LogP contribution in [-0.4, -0.2) is 36.0 Å². The molecule has 3 N–H and O–H groups in total. The van der Waals surface area contributed by atoms with Crippen molar-refractivity contribution in [3.8, 4) is 5.75 Å². The van der Waals surface area contributed by atoms with Crippen molar-refractivity contribution in [1.29, 1.82) is 0 Å². The highest BCUT2D eigenvalue weighted by atomic mass is 16.5. The number of anilines is 1. The lowest BCUT2D eigenvalue weighted by atomic mass is 9.84. The van der Waals surface area contributed by atoms with Gasteiger partial charge in [-0.2, -0.15) is 0 Å². The highest BCUT2D eigenvalue weighted by molar-refractivity contribution is 5.88. The maximum absolute atomic E-state index is 11.6. The molecule has 0 spiro atoms. The van der Waals surface area contributed by atoms with Gasteiger partial charge in [-0.3, -0.25) is 9.69 Å². The van der Waals surface area contributed by atoms with Crippen molar-refractivity contribution in [2.24, 2.45) is 5.73 Å². The average molecular weight is 422 g/mol. The van der Waals surface area contributed by atoms with Crippen LogP contribution in [-0.2, 0) is 17.6 Å². The number of nitrogens with two attached hydrogens (primary N) is 1. The molecule has 4 rings (SSSR count). The molecule has 2 aromatic carbocycles. The van der Waals surface area contributed by atoms with E-state index in [9.17, 15) is 4.79 Å². The third-order valence-corrected chi connectivity index (χ3v) is 6.54. The molecule has 1 saturated heterocycles. The Kier molecular flexibility index (Phi) is 6.93. The fourth-order valence-corrected chi connectivity index (χ4v) is 5.12. The van der Waals surface area contributed by atoms with E-state index in [1.54, 1.807) is 0 Å². The van der Waals surface area contributed by atoms with E-state index in [2.05, 4.69) is 47.5 Å². The average Bonchev–Trinajstić information content (AvgIpc) is 2.75. The predicted molar refractivity (Wildman–Crippen MR) is 125 cm³/mol. The largest absolute Gasteiger partial charge is 0.484 e. The molecule has 2 aromatic rings. The number of nitrogens with one attached hydrogen (secondary N) is 1. The van der Waals surface area contributed by atoms with E-state index >= 15 is 0 Å². The quantitative estimate of drug-likeness (QED) is 0.723. The Bertz CT molecular complexity index is 913. The molecule has 1 heterocycles. The highest BCUT2D eigenvalue weighted by Crippen LogP contribution is 2.39. The molecule has 0 aromatic heterocycles. The van der Waals surface area contributed by atoms with Gasteiger partial charge in [-0.1, -0.05) is 43.7 Å². The van der Waals surface area contributed by atoms with E-state index in [0.29, 0.717) is 6.04 Å². The second-order valence-corrected chi connectivity index (χ2v) is 8.99. The van der Waals surface area contributed by atoms with Crippen molar-refractivity contribution in [3.05, 3.63) is 59.2 Å². The number of hydrogen-bond donors (Lipinski definition) is 2.